The number of ketones is 1. The zero-order chi connectivity index (χ0) is 10.0. The minimum atomic E-state index is -0.479. The molecule has 0 bridgehead atoms. The van der Waals surface area contributed by atoms with E-state index in [2.05, 4.69) is 5.10 Å². The van der Waals surface area contributed by atoms with E-state index in [4.69, 9.17) is 0 Å². The largest absolute Gasteiger partial charge is 0.298 e. The van der Waals surface area contributed by atoms with E-state index in [9.17, 15) is 9.59 Å². The quantitative estimate of drug-likeness (QED) is 0.673. The average Bonchev–Trinajstić information content (AvgIpc) is 2.08. The fourth-order valence-corrected chi connectivity index (χ4v) is 0.970. The van der Waals surface area contributed by atoms with Gasteiger partial charge >= 0.3 is 0 Å². The van der Waals surface area contributed by atoms with Crippen molar-refractivity contribution in [2.45, 2.75) is 26.8 Å². The third kappa shape index (κ3) is 2.02. The molecule has 0 saturated carbocycles. The molecular weight excluding hydrogens is 168 g/mol. The molecule has 0 aliphatic heterocycles. The predicted octanol–water partition coefficient (Wildman–Crippen LogP) is 0.702. The second-order valence-corrected chi connectivity index (χ2v) is 3.04. The van der Waals surface area contributed by atoms with Crippen molar-refractivity contribution in [2.24, 2.45) is 0 Å². The third-order valence-electron chi connectivity index (χ3n) is 1.91. The molecule has 1 heterocycles. The average molecular weight is 180 g/mol. The Bertz CT molecular complexity index is 381. The number of aryl methyl sites for hydroxylation is 1. The lowest BCUT2D eigenvalue weighted by Gasteiger charge is -2.09. The van der Waals surface area contributed by atoms with Gasteiger partial charge in [0, 0.05) is 6.07 Å². The molecule has 1 aromatic heterocycles. The van der Waals surface area contributed by atoms with Crippen LogP contribution in [0.1, 0.15) is 25.6 Å². The van der Waals surface area contributed by atoms with Gasteiger partial charge in [0.05, 0.1) is 5.69 Å². The van der Waals surface area contributed by atoms with Crippen LogP contribution >= 0.6 is 0 Å². The number of Topliss-reactive ketones (excluding diaryl/α,β-unsaturated/α-hetero) is 1. The van der Waals surface area contributed by atoms with E-state index in [0.717, 1.165) is 5.69 Å². The first-order valence-corrected chi connectivity index (χ1v) is 4.09. The zero-order valence-electron chi connectivity index (χ0n) is 7.94. The summed E-state index contributed by atoms with van der Waals surface area (Å²) in [6.07, 6.45) is 0. The Labute approximate surface area is 76.2 Å². The Hall–Kier alpha value is -1.45. The van der Waals surface area contributed by atoms with Crippen LogP contribution in [0.15, 0.2) is 16.9 Å². The van der Waals surface area contributed by atoms with Crippen LogP contribution in [0.2, 0.25) is 0 Å². The van der Waals surface area contributed by atoms with Crippen LogP contribution in [0, 0.1) is 6.92 Å². The van der Waals surface area contributed by atoms with Gasteiger partial charge in [-0.2, -0.15) is 5.10 Å². The van der Waals surface area contributed by atoms with Gasteiger partial charge in [0.1, 0.15) is 6.04 Å². The Balaban J connectivity index is 3.21. The molecule has 0 spiro atoms. The van der Waals surface area contributed by atoms with Gasteiger partial charge in [-0.25, -0.2) is 4.68 Å². The molecule has 0 N–H and O–H groups in total. The highest BCUT2D eigenvalue weighted by Gasteiger charge is 2.11. The van der Waals surface area contributed by atoms with Gasteiger partial charge in [0.15, 0.2) is 5.78 Å². The second-order valence-electron chi connectivity index (χ2n) is 3.04. The van der Waals surface area contributed by atoms with Gasteiger partial charge in [0.2, 0.25) is 0 Å². The molecular formula is C9H12N2O2. The maximum absolute atomic E-state index is 11.3. The lowest BCUT2D eigenvalue weighted by atomic mass is 10.2. The molecule has 70 valence electrons. The van der Waals surface area contributed by atoms with Crippen molar-refractivity contribution >= 4 is 5.78 Å². The Morgan fingerprint density at radius 2 is 2.15 bits per heavy atom. The van der Waals surface area contributed by atoms with E-state index in [-0.39, 0.29) is 11.3 Å². The van der Waals surface area contributed by atoms with Gasteiger partial charge in [-0.3, -0.25) is 9.59 Å². The van der Waals surface area contributed by atoms with Crippen molar-refractivity contribution < 1.29 is 4.79 Å². The highest BCUT2D eigenvalue weighted by molar-refractivity contribution is 5.79. The van der Waals surface area contributed by atoms with Crippen molar-refractivity contribution in [3.63, 3.8) is 0 Å². The third-order valence-corrected chi connectivity index (χ3v) is 1.91. The predicted molar refractivity (Wildman–Crippen MR) is 48.6 cm³/mol. The Morgan fingerprint density at radius 3 is 2.69 bits per heavy atom. The number of hydrogen-bond donors (Lipinski definition) is 0. The van der Waals surface area contributed by atoms with Crippen LogP contribution < -0.4 is 5.56 Å². The summed E-state index contributed by atoms with van der Waals surface area (Å²) in [6.45, 7) is 4.89. The van der Waals surface area contributed by atoms with Gasteiger partial charge < -0.3 is 0 Å². The van der Waals surface area contributed by atoms with E-state index in [1.165, 1.54) is 17.7 Å². The van der Waals surface area contributed by atoms with Gasteiger partial charge in [-0.1, -0.05) is 0 Å². The maximum atomic E-state index is 11.3. The van der Waals surface area contributed by atoms with Crippen molar-refractivity contribution in [1.82, 2.24) is 9.78 Å². The number of carbonyl (C=O) groups is 1. The number of nitrogens with zero attached hydrogens (tertiary/aromatic N) is 2. The first-order valence-electron chi connectivity index (χ1n) is 4.09. The lowest BCUT2D eigenvalue weighted by molar-refractivity contribution is -0.120. The molecule has 1 rings (SSSR count). The molecule has 0 aromatic carbocycles. The van der Waals surface area contributed by atoms with Crippen LogP contribution in [0.5, 0.6) is 0 Å². The number of hydrogen-bond acceptors (Lipinski definition) is 3. The van der Waals surface area contributed by atoms with Gasteiger partial charge in [-0.05, 0) is 26.8 Å². The summed E-state index contributed by atoms with van der Waals surface area (Å²) in [5.41, 5.74) is 0.487. The van der Waals surface area contributed by atoms with Crippen LogP contribution in [0.3, 0.4) is 0 Å². The highest BCUT2D eigenvalue weighted by Crippen LogP contribution is 2.00. The fraction of sp³-hybridized carbons (Fsp3) is 0.444. The summed E-state index contributed by atoms with van der Waals surface area (Å²) in [6, 6.07) is 2.57. The molecule has 0 aliphatic carbocycles. The van der Waals surface area contributed by atoms with E-state index >= 15 is 0 Å². The smallest absolute Gasteiger partial charge is 0.267 e. The number of aromatic nitrogens is 2. The van der Waals surface area contributed by atoms with Crippen LogP contribution in [-0.4, -0.2) is 15.6 Å². The van der Waals surface area contributed by atoms with Crippen molar-refractivity contribution in [2.75, 3.05) is 0 Å². The van der Waals surface area contributed by atoms with E-state index in [1.54, 1.807) is 19.9 Å². The SMILES string of the molecule is CC(=O)C(C)n1nc(C)ccc1=O. The summed E-state index contributed by atoms with van der Waals surface area (Å²) in [5.74, 6) is -0.0693. The summed E-state index contributed by atoms with van der Waals surface area (Å²) < 4.78 is 1.21. The van der Waals surface area contributed by atoms with E-state index in [1.807, 2.05) is 0 Å². The van der Waals surface area contributed by atoms with Crippen LogP contribution in [0.25, 0.3) is 0 Å². The summed E-state index contributed by atoms with van der Waals surface area (Å²) >= 11 is 0. The molecule has 13 heavy (non-hydrogen) atoms. The fourth-order valence-electron chi connectivity index (χ4n) is 0.970. The molecule has 1 unspecified atom stereocenters. The van der Waals surface area contributed by atoms with E-state index < -0.39 is 6.04 Å². The molecule has 0 radical (unpaired) electrons. The second kappa shape index (κ2) is 3.51. The molecule has 4 nitrogen and oxygen atoms in total. The number of carbonyl (C=O) groups excluding carboxylic acids is 1. The first kappa shape index (κ1) is 9.64. The van der Waals surface area contributed by atoms with Crippen LogP contribution in [-0.2, 0) is 4.79 Å². The molecule has 1 atom stereocenters. The molecule has 1 aromatic rings. The van der Waals surface area contributed by atoms with Crippen LogP contribution in [0.4, 0.5) is 0 Å². The summed E-state index contributed by atoms with van der Waals surface area (Å²) in [7, 11) is 0. The first-order chi connectivity index (χ1) is 6.02. The van der Waals surface area contributed by atoms with Crippen molar-refractivity contribution in [3.05, 3.63) is 28.2 Å². The topological polar surface area (TPSA) is 52.0 Å². The summed E-state index contributed by atoms with van der Waals surface area (Å²) in [4.78, 5) is 22.3. The standard InChI is InChI=1S/C9H12N2O2/c1-6-4-5-9(13)11(10-6)7(2)8(3)12/h4-5,7H,1-3H3. The van der Waals surface area contributed by atoms with Crippen molar-refractivity contribution in [3.8, 4) is 0 Å². The summed E-state index contributed by atoms with van der Waals surface area (Å²) in [5, 5.41) is 3.98. The van der Waals surface area contributed by atoms with Crippen molar-refractivity contribution in [1.29, 1.82) is 0 Å². The molecule has 0 fully saturated rings. The Kier molecular flexibility index (Phi) is 2.60. The molecule has 0 saturated heterocycles. The number of rotatable bonds is 2. The van der Waals surface area contributed by atoms with Gasteiger partial charge in [-0.15, -0.1) is 0 Å². The molecule has 0 amide bonds. The normalized spacial score (nSPS) is 12.5. The monoisotopic (exact) mass is 180 g/mol. The molecule has 4 heteroatoms. The maximum Gasteiger partial charge on any atom is 0.267 e. The minimum Gasteiger partial charge on any atom is -0.298 e. The minimum absolute atomic E-state index is 0.0693. The van der Waals surface area contributed by atoms with Gasteiger partial charge in [0.25, 0.3) is 5.56 Å². The highest BCUT2D eigenvalue weighted by atomic mass is 16.1. The zero-order valence-corrected chi connectivity index (χ0v) is 7.94. The molecule has 0 aliphatic rings. The Morgan fingerprint density at radius 1 is 1.54 bits per heavy atom. The van der Waals surface area contributed by atoms with E-state index in [0.29, 0.717) is 0 Å². The lowest BCUT2D eigenvalue weighted by Crippen LogP contribution is -2.29.